The predicted octanol–water partition coefficient (Wildman–Crippen LogP) is 2.69. The summed E-state index contributed by atoms with van der Waals surface area (Å²) in [5.74, 6) is -1.03. The normalized spacial score (nSPS) is 10.9. The van der Waals surface area contributed by atoms with Crippen LogP contribution in [0.15, 0.2) is 60.9 Å². The van der Waals surface area contributed by atoms with Gasteiger partial charge in [-0.15, -0.1) is 5.10 Å². The Bertz CT molecular complexity index is 1210. The van der Waals surface area contributed by atoms with E-state index < -0.39 is 11.8 Å². The van der Waals surface area contributed by atoms with Gasteiger partial charge in [0.2, 0.25) is 0 Å². The van der Waals surface area contributed by atoms with Gasteiger partial charge in [0, 0.05) is 17.1 Å². The van der Waals surface area contributed by atoms with Crippen molar-refractivity contribution in [3.05, 3.63) is 77.7 Å². The third-order valence-electron chi connectivity index (χ3n) is 4.81. The van der Waals surface area contributed by atoms with Gasteiger partial charge in [0.25, 0.3) is 5.78 Å². The average Bonchev–Trinajstić information content (AvgIpc) is 3.37. The number of rotatable bonds is 7. The SMILES string of the molecule is COC(=O)C(=O)c1cn(Cc2cn(Cc3ccccc3)nn2)c2ccc(OC)cc12. The van der Waals surface area contributed by atoms with Crippen molar-refractivity contribution in [2.24, 2.45) is 0 Å². The first-order chi connectivity index (χ1) is 14.6. The highest BCUT2D eigenvalue weighted by molar-refractivity contribution is 6.43. The zero-order valence-corrected chi connectivity index (χ0v) is 16.6. The summed E-state index contributed by atoms with van der Waals surface area (Å²) in [6.45, 7) is 1.01. The average molecular weight is 404 g/mol. The van der Waals surface area contributed by atoms with E-state index in [2.05, 4.69) is 15.0 Å². The molecular formula is C22H20N4O4. The molecule has 2 aromatic carbocycles. The van der Waals surface area contributed by atoms with Crippen molar-refractivity contribution < 1.29 is 19.1 Å². The van der Waals surface area contributed by atoms with Crippen LogP contribution < -0.4 is 4.74 Å². The first-order valence-electron chi connectivity index (χ1n) is 9.31. The minimum Gasteiger partial charge on any atom is -0.497 e. The molecule has 0 saturated heterocycles. The minimum atomic E-state index is -0.911. The van der Waals surface area contributed by atoms with Crippen molar-refractivity contribution >= 4 is 22.7 Å². The summed E-state index contributed by atoms with van der Waals surface area (Å²) >= 11 is 0. The summed E-state index contributed by atoms with van der Waals surface area (Å²) in [4.78, 5) is 24.3. The van der Waals surface area contributed by atoms with E-state index in [0.717, 1.165) is 16.8 Å². The van der Waals surface area contributed by atoms with Crippen LogP contribution in [0.4, 0.5) is 0 Å². The standard InChI is InChI=1S/C22H20N4O4/c1-29-17-8-9-20-18(10-17)19(21(27)22(28)30-2)14-25(20)12-16-13-26(24-23-16)11-15-6-4-3-5-7-15/h3-10,13-14H,11-12H2,1-2H3. The summed E-state index contributed by atoms with van der Waals surface area (Å²) in [6.07, 6.45) is 3.50. The number of fused-ring (bicyclic) bond motifs is 1. The van der Waals surface area contributed by atoms with Crippen LogP contribution in [0.1, 0.15) is 21.6 Å². The first-order valence-corrected chi connectivity index (χ1v) is 9.31. The Morgan fingerprint density at radius 2 is 1.80 bits per heavy atom. The smallest absolute Gasteiger partial charge is 0.379 e. The number of hydrogen-bond acceptors (Lipinski definition) is 6. The second-order valence-corrected chi connectivity index (χ2v) is 6.77. The molecule has 0 fully saturated rings. The summed E-state index contributed by atoms with van der Waals surface area (Å²) in [6, 6.07) is 15.4. The van der Waals surface area contributed by atoms with Crippen molar-refractivity contribution in [2.45, 2.75) is 13.1 Å². The van der Waals surface area contributed by atoms with Gasteiger partial charge in [-0.1, -0.05) is 35.5 Å². The van der Waals surface area contributed by atoms with Gasteiger partial charge in [-0.05, 0) is 23.8 Å². The first kappa shape index (κ1) is 19.4. The summed E-state index contributed by atoms with van der Waals surface area (Å²) < 4.78 is 13.5. The van der Waals surface area contributed by atoms with Gasteiger partial charge in [0.05, 0.1) is 39.1 Å². The van der Waals surface area contributed by atoms with Crippen molar-refractivity contribution in [1.82, 2.24) is 19.6 Å². The highest BCUT2D eigenvalue weighted by Gasteiger charge is 2.23. The zero-order valence-electron chi connectivity index (χ0n) is 16.6. The molecule has 0 radical (unpaired) electrons. The lowest BCUT2D eigenvalue weighted by Gasteiger charge is -2.04. The quantitative estimate of drug-likeness (QED) is 0.267. The third kappa shape index (κ3) is 3.80. The van der Waals surface area contributed by atoms with Gasteiger partial charge in [-0.2, -0.15) is 0 Å². The number of ketones is 1. The summed E-state index contributed by atoms with van der Waals surface area (Å²) in [5.41, 5.74) is 2.89. The number of Topliss-reactive ketones (excluding diaryl/α,β-unsaturated/α-hetero) is 1. The van der Waals surface area contributed by atoms with Gasteiger partial charge in [-0.25, -0.2) is 9.48 Å². The predicted molar refractivity (Wildman–Crippen MR) is 110 cm³/mol. The van der Waals surface area contributed by atoms with E-state index in [1.165, 1.54) is 7.11 Å². The van der Waals surface area contributed by atoms with Gasteiger partial charge in [0.1, 0.15) is 11.4 Å². The molecule has 0 bridgehead atoms. The lowest BCUT2D eigenvalue weighted by atomic mass is 10.1. The van der Waals surface area contributed by atoms with Crippen LogP contribution in [0.25, 0.3) is 10.9 Å². The number of esters is 1. The maximum atomic E-state index is 12.5. The zero-order chi connectivity index (χ0) is 21.1. The van der Waals surface area contributed by atoms with E-state index in [4.69, 9.17) is 4.74 Å². The topological polar surface area (TPSA) is 88.2 Å². The molecular weight excluding hydrogens is 384 g/mol. The highest BCUT2D eigenvalue weighted by Crippen LogP contribution is 2.27. The second-order valence-electron chi connectivity index (χ2n) is 6.77. The largest absolute Gasteiger partial charge is 0.497 e. The molecule has 8 heteroatoms. The van der Waals surface area contributed by atoms with E-state index in [-0.39, 0.29) is 5.56 Å². The molecule has 0 spiro atoms. The highest BCUT2D eigenvalue weighted by atomic mass is 16.5. The van der Waals surface area contributed by atoms with Crippen LogP contribution in [0.3, 0.4) is 0 Å². The fourth-order valence-electron chi connectivity index (χ4n) is 3.35. The number of ether oxygens (including phenoxy) is 2. The van der Waals surface area contributed by atoms with Gasteiger partial charge < -0.3 is 14.0 Å². The van der Waals surface area contributed by atoms with E-state index in [9.17, 15) is 9.59 Å². The van der Waals surface area contributed by atoms with E-state index in [0.29, 0.717) is 24.2 Å². The molecule has 0 atom stereocenters. The van der Waals surface area contributed by atoms with Crippen LogP contribution in [0, 0.1) is 0 Å². The van der Waals surface area contributed by atoms with Crippen LogP contribution in [0.2, 0.25) is 0 Å². The molecule has 8 nitrogen and oxygen atoms in total. The Balaban J connectivity index is 1.66. The molecule has 4 aromatic rings. The Morgan fingerprint density at radius 1 is 1.00 bits per heavy atom. The second kappa shape index (κ2) is 8.20. The Hall–Kier alpha value is -3.94. The number of aromatic nitrogens is 4. The van der Waals surface area contributed by atoms with E-state index >= 15 is 0 Å². The summed E-state index contributed by atoms with van der Waals surface area (Å²) in [5, 5.41) is 9.05. The lowest BCUT2D eigenvalue weighted by Crippen LogP contribution is -2.15. The molecule has 0 aliphatic carbocycles. The molecule has 0 aliphatic heterocycles. The fourth-order valence-corrected chi connectivity index (χ4v) is 3.35. The van der Waals surface area contributed by atoms with E-state index in [1.807, 2.05) is 47.2 Å². The Morgan fingerprint density at radius 3 is 2.53 bits per heavy atom. The van der Waals surface area contributed by atoms with Crippen molar-refractivity contribution in [1.29, 1.82) is 0 Å². The molecule has 0 amide bonds. The number of carbonyl (C=O) groups excluding carboxylic acids is 2. The van der Waals surface area contributed by atoms with Crippen molar-refractivity contribution in [3.63, 3.8) is 0 Å². The number of hydrogen-bond donors (Lipinski definition) is 0. The molecule has 2 aromatic heterocycles. The van der Waals surface area contributed by atoms with Crippen molar-refractivity contribution in [3.8, 4) is 5.75 Å². The molecule has 0 aliphatic rings. The maximum absolute atomic E-state index is 12.5. The molecule has 0 saturated carbocycles. The van der Waals surface area contributed by atoms with Gasteiger partial charge in [-0.3, -0.25) is 4.79 Å². The minimum absolute atomic E-state index is 0.257. The maximum Gasteiger partial charge on any atom is 0.379 e. The van der Waals surface area contributed by atoms with Crippen LogP contribution in [0.5, 0.6) is 5.75 Å². The molecule has 4 rings (SSSR count). The van der Waals surface area contributed by atoms with Crippen LogP contribution >= 0.6 is 0 Å². The Labute approximate surface area is 172 Å². The number of nitrogens with zero attached hydrogens (tertiary/aromatic N) is 4. The number of methoxy groups -OCH3 is 2. The van der Waals surface area contributed by atoms with E-state index in [1.54, 1.807) is 30.1 Å². The monoisotopic (exact) mass is 404 g/mol. The van der Waals surface area contributed by atoms with Crippen LogP contribution in [-0.4, -0.2) is 45.5 Å². The van der Waals surface area contributed by atoms with Crippen LogP contribution in [-0.2, 0) is 22.6 Å². The summed E-state index contributed by atoms with van der Waals surface area (Å²) in [7, 11) is 2.73. The third-order valence-corrected chi connectivity index (χ3v) is 4.81. The number of carbonyl (C=O) groups is 2. The van der Waals surface area contributed by atoms with Gasteiger partial charge in [0.15, 0.2) is 0 Å². The fraction of sp³-hybridized carbons (Fsp3) is 0.182. The molecule has 30 heavy (non-hydrogen) atoms. The molecule has 0 N–H and O–H groups in total. The lowest BCUT2D eigenvalue weighted by molar-refractivity contribution is -0.135. The molecule has 2 heterocycles. The van der Waals surface area contributed by atoms with Gasteiger partial charge >= 0.3 is 5.97 Å². The Kier molecular flexibility index (Phi) is 5.30. The number of benzene rings is 2. The van der Waals surface area contributed by atoms with Crippen molar-refractivity contribution in [2.75, 3.05) is 14.2 Å². The molecule has 0 unspecified atom stereocenters. The molecule has 152 valence electrons.